The molecular weight excluding hydrogens is 691 g/mol. The Labute approximate surface area is 322 Å². The van der Waals surface area contributed by atoms with Gasteiger partial charge in [-0.2, -0.15) is 0 Å². The minimum absolute atomic E-state index is 0.625. The van der Waals surface area contributed by atoms with E-state index in [2.05, 4.69) is 115 Å². The third-order valence-corrected chi connectivity index (χ3v) is 11.0. The second-order valence-electron chi connectivity index (χ2n) is 13.3. The van der Waals surface area contributed by atoms with E-state index >= 15 is 0 Å². The number of thiophene rings is 1. The summed E-state index contributed by atoms with van der Waals surface area (Å²) in [5, 5.41) is 2.33. The lowest BCUT2D eigenvalue weighted by molar-refractivity contribution is 1.07. The molecule has 0 saturated heterocycles. The van der Waals surface area contributed by atoms with Crippen LogP contribution >= 0.6 is 11.3 Å². The van der Waals surface area contributed by atoms with Gasteiger partial charge < -0.3 is 0 Å². The van der Waals surface area contributed by atoms with Crippen molar-refractivity contribution in [3.05, 3.63) is 188 Å². The first kappa shape index (κ1) is 32.5. The molecule has 258 valence electrons. The predicted molar refractivity (Wildman–Crippen MR) is 226 cm³/mol. The van der Waals surface area contributed by atoms with Crippen molar-refractivity contribution in [2.75, 3.05) is 0 Å². The quantitative estimate of drug-likeness (QED) is 0.164. The molecule has 0 aliphatic rings. The fraction of sp³-hybridized carbons (Fsp3) is 0. The van der Waals surface area contributed by atoms with Crippen LogP contribution in [0.15, 0.2) is 188 Å². The Balaban J connectivity index is 1.11. The topological polar surface area (TPSA) is 64.5 Å². The third-order valence-electron chi connectivity index (χ3n) is 9.76. The van der Waals surface area contributed by atoms with Crippen molar-refractivity contribution in [1.82, 2.24) is 24.9 Å². The predicted octanol–water partition coefficient (Wildman–Crippen LogP) is 12.7. The normalized spacial score (nSPS) is 11.3. The molecule has 0 N–H and O–H groups in total. The Kier molecular flexibility index (Phi) is 8.28. The van der Waals surface area contributed by atoms with E-state index < -0.39 is 0 Å². The first-order valence-electron chi connectivity index (χ1n) is 18.2. The second-order valence-corrected chi connectivity index (χ2v) is 14.4. The van der Waals surface area contributed by atoms with Gasteiger partial charge in [-0.25, -0.2) is 24.9 Å². The first-order valence-corrected chi connectivity index (χ1v) is 19.0. The average Bonchev–Trinajstić information content (AvgIpc) is 3.66. The Morgan fingerprint density at radius 2 is 0.782 bits per heavy atom. The van der Waals surface area contributed by atoms with Crippen LogP contribution < -0.4 is 0 Å². The number of hydrogen-bond acceptors (Lipinski definition) is 6. The SMILES string of the molecule is c1ccc(-c2cccc(-c3nc(-c4ccccc4)nc(-c4ccc5c(c4)sc4c(-c6nc(-c7ccccc7)cc(-c7ccccc7)n6)cccc45)n3)c2)cc1. The largest absolute Gasteiger partial charge is 0.228 e. The molecule has 0 unspecified atom stereocenters. The minimum Gasteiger partial charge on any atom is -0.228 e. The van der Waals surface area contributed by atoms with Gasteiger partial charge in [-0.1, -0.05) is 164 Å². The van der Waals surface area contributed by atoms with Gasteiger partial charge >= 0.3 is 0 Å². The molecular formula is C49H31N5S. The van der Waals surface area contributed by atoms with E-state index in [1.165, 1.54) is 5.39 Å². The summed E-state index contributed by atoms with van der Waals surface area (Å²) in [6.07, 6.45) is 0. The van der Waals surface area contributed by atoms with Gasteiger partial charge in [0.05, 0.1) is 11.4 Å². The zero-order valence-corrected chi connectivity index (χ0v) is 30.4. The molecule has 6 heteroatoms. The lowest BCUT2D eigenvalue weighted by atomic mass is 10.0. The van der Waals surface area contributed by atoms with Crippen LogP contribution in [0.1, 0.15) is 0 Å². The van der Waals surface area contributed by atoms with Gasteiger partial charge in [0.25, 0.3) is 0 Å². The van der Waals surface area contributed by atoms with Crippen LogP contribution in [0.4, 0.5) is 0 Å². The molecule has 0 saturated carbocycles. The van der Waals surface area contributed by atoms with Crippen molar-refractivity contribution in [3.63, 3.8) is 0 Å². The van der Waals surface area contributed by atoms with Crippen molar-refractivity contribution in [3.8, 4) is 79.2 Å². The van der Waals surface area contributed by atoms with Crippen LogP contribution in [0.5, 0.6) is 0 Å². The maximum absolute atomic E-state index is 5.16. The van der Waals surface area contributed by atoms with E-state index in [1.54, 1.807) is 11.3 Å². The zero-order chi connectivity index (χ0) is 36.6. The molecule has 0 aliphatic heterocycles. The molecule has 0 amide bonds. The van der Waals surface area contributed by atoms with Crippen molar-refractivity contribution in [1.29, 1.82) is 0 Å². The number of fused-ring (bicyclic) bond motifs is 3. The Hall–Kier alpha value is -7.15. The molecule has 0 spiro atoms. The molecule has 0 aliphatic carbocycles. The Bertz CT molecular complexity index is 2910. The molecule has 0 radical (unpaired) electrons. The molecule has 10 aromatic rings. The number of nitrogens with zero attached hydrogens (tertiary/aromatic N) is 5. The van der Waals surface area contributed by atoms with Crippen molar-refractivity contribution >= 4 is 31.5 Å². The summed E-state index contributed by atoms with van der Waals surface area (Å²) in [4.78, 5) is 25.5. The van der Waals surface area contributed by atoms with Crippen molar-refractivity contribution in [2.45, 2.75) is 0 Å². The number of aromatic nitrogens is 5. The molecule has 0 fully saturated rings. The lowest BCUT2D eigenvalue weighted by Gasteiger charge is -2.10. The zero-order valence-electron chi connectivity index (χ0n) is 29.5. The average molecular weight is 722 g/mol. The van der Waals surface area contributed by atoms with Crippen molar-refractivity contribution in [2.24, 2.45) is 0 Å². The summed E-state index contributed by atoms with van der Waals surface area (Å²) in [6, 6.07) is 64.5. The maximum Gasteiger partial charge on any atom is 0.164 e. The Morgan fingerprint density at radius 1 is 0.291 bits per heavy atom. The Morgan fingerprint density at radius 3 is 1.40 bits per heavy atom. The molecule has 10 rings (SSSR count). The first-order chi connectivity index (χ1) is 27.2. The highest BCUT2D eigenvalue weighted by molar-refractivity contribution is 7.26. The summed E-state index contributed by atoms with van der Waals surface area (Å²) in [5.41, 5.74) is 9.93. The van der Waals surface area contributed by atoms with Crippen LogP contribution in [0.2, 0.25) is 0 Å². The number of rotatable bonds is 7. The summed E-state index contributed by atoms with van der Waals surface area (Å²) in [6.45, 7) is 0. The number of benzene rings is 7. The molecule has 3 aromatic heterocycles. The van der Waals surface area contributed by atoms with Crippen molar-refractivity contribution < 1.29 is 0 Å². The summed E-state index contributed by atoms with van der Waals surface area (Å²) < 4.78 is 2.27. The highest BCUT2D eigenvalue weighted by Gasteiger charge is 2.18. The van der Waals surface area contributed by atoms with E-state index in [1.807, 2.05) is 72.8 Å². The highest BCUT2D eigenvalue weighted by Crippen LogP contribution is 2.41. The van der Waals surface area contributed by atoms with Crippen LogP contribution in [0, 0.1) is 0 Å². The van der Waals surface area contributed by atoms with Gasteiger partial charge in [-0.15, -0.1) is 11.3 Å². The van der Waals surface area contributed by atoms with E-state index in [9.17, 15) is 0 Å². The van der Waals surface area contributed by atoms with Crippen LogP contribution in [0.3, 0.4) is 0 Å². The van der Waals surface area contributed by atoms with Gasteiger partial charge in [0.2, 0.25) is 0 Å². The summed E-state index contributed by atoms with van der Waals surface area (Å²) in [7, 11) is 0. The van der Waals surface area contributed by atoms with Gasteiger partial charge in [0.15, 0.2) is 23.3 Å². The minimum atomic E-state index is 0.625. The fourth-order valence-corrected chi connectivity index (χ4v) is 8.26. The molecule has 0 bridgehead atoms. The number of hydrogen-bond donors (Lipinski definition) is 0. The smallest absolute Gasteiger partial charge is 0.164 e. The van der Waals surface area contributed by atoms with Crippen LogP contribution in [0.25, 0.3) is 99.4 Å². The summed E-state index contributed by atoms with van der Waals surface area (Å²) >= 11 is 1.74. The lowest BCUT2D eigenvalue weighted by Crippen LogP contribution is -2.00. The van der Waals surface area contributed by atoms with Gasteiger partial charge in [0.1, 0.15) is 0 Å². The van der Waals surface area contributed by atoms with E-state index in [-0.39, 0.29) is 0 Å². The van der Waals surface area contributed by atoms with Gasteiger partial charge in [-0.3, -0.25) is 0 Å². The second kappa shape index (κ2) is 14.0. The fourth-order valence-electron chi connectivity index (χ4n) is 7.01. The van der Waals surface area contributed by atoms with E-state index in [4.69, 9.17) is 24.9 Å². The molecule has 5 nitrogen and oxygen atoms in total. The van der Waals surface area contributed by atoms with Gasteiger partial charge in [-0.05, 0) is 35.4 Å². The molecule has 3 heterocycles. The highest BCUT2D eigenvalue weighted by atomic mass is 32.1. The maximum atomic E-state index is 5.16. The van der Waals surface area contributed by atoms with E-state index in [0.29, 0.717) is 23.3 Å². The standard InChI is InChI=1S/C49H31N5S/c1-5-15-32(16-6-1)36-23-13-24-37(29-36)47-52-46(35-21-11-4-12-22-35)53-48(54-47)38-27-28-39-40-25-14-26-41(45(40)55-44(39)30-38)49-50-42(33-17-7-2-8-18-33)31-43(51-49)34-19-9-3-10-20-34/h1-31H. The summed E-state index contributed by atoms with van der Waals surface area (Å²) in [5.74, 6) is 2.59. The third kappa shape index (κ3) is 6.35. The van der Waals surface area contributed by atoms with Crippen LogP contribution in [-0.4, -0.2) is 24.9 Å². The van der Waals surface area contributed by atoms with Gasteiger partial charge in [0, 0.05) is 53.6 Å². The molecule has 55 heavy (non-hydrogen) atoms. The molecule has 0 atom stereocenters. The molecule has 7 aromatic carbocycles. The van der Waals surface area contributed by atoms with E-state index in [0.717, 1.165) is 70.7 Å². The van der Waals surface area contributed by atoms with Crippen LogP contribution in [-0.2, 0) is 0 Å². The monoisotopic (exact) mass is 721 g/mol.